The standard InChI is InChI=1S/C30H68O13Si3/c1-44(2,3)42-46(7,43-45(4,5)6)30-8-10-32-12-14-34-16-18-36-20-22-38-24-26-40-28-29-41-27-25-39-23-21-37-19-17-35-15-13-33-11-9-31/h31H,8-30H2,1-7H3. The van der Waals surface area contributed by atoms with E-state index in [2.05, 4.69) is 45.8 Å². The van der Waals surface area contributed by atoms with Gasteiger partial charge >= 0.3 is 8.56 Å². The zero-order valence-electron chi connectivity index (χ0n) is 30.1. The van der Waals surface area contributed by atoms with Gasteiger partial charge in [0, 0.05) is 6.61 Å². The van der Waals surface area contributed by atoms with E-state index in [1.807, 2.05) is 0 Å². The molecule has 0 bridgehead atoms. The monoisotopic (exact) mass is 720 g/mol. The maximum Gasteiger partial charge on any atom is 0.314 e. The zero-order chi connectivity index (χ0) is 34.2. The van der Waals surface area contributed by atoms with Gasteiger partial charge in [0.2, 0.25) is 0 Å². The molecule has 0 aliphatic rings. The average molecular weight is 721 g/mol. The Bertz CT molecular complexity index is 624. The Balaban J connectivity index is 3.32. The predicted molar refractivity (Wildman–Crippen MR) is 185 cm³/mol. The summed E-state index contributed by atoms with van der Waals surface area (Å²) >= 11 is 0. The van der Waals surface area contributed by atoms with E-state index >= 15 is 0 Å². The Hall–Kier alpha value is 0.131. The van der Waals surface area contributed by atoms with Gasteiger partial charge in [-0.25, -0.2) is 0 Å². The van der Waals surface area contributed by atoms with Crippen molar-refractivity contribution in [2.45, 2.75) is 58.3 Å². The van der Waals surface area contributed by atoms with Gasteiger partial charge < -0.3 is 60.7 Å². The second-order valence-corrected chi connectivity index (χ2v) is 25.4. The van der Waals surface area contributed by atoms with Crippen LogP contribution in [-0.2, 0) is 55.6 Å². The van der Waals surface area contributed by atoms with Crippen LogP contribution in [0, 0.1) is 0 Å². The van der Waals surface area contributed by atoms with Crippen LogP contribution < -0.4 is 0 Å². The number of hydrogen-bond donors (Lipinski definition) is 1. The highest BCUT2D eigenvalue weighted by Gasteiger charge is 2.39. The molecule has 0 radical (unpaired) electrons. The van der Waals surface area contributed by atoms with Gasteiger partial charge in [-0.05, 0) is 58.3 Å². The highest BCUT2D eigenvalue weighted by Crippen LogP contribution is 2.25. The third-order valence-electron chi connectivity index (χ3n) is 5.55. The molecule has 0 aliphatic heterocycles. The largest absolute Gasteiger partial charge is 0.437 e. The summed E-state index contributed by atoms with van der Waals surface area (Å²) in [7, 11) is -5.51. The van der Waals surface area contributed by atoms with Gasteiger partial charge in [0.05, 0.1) is 132 Å². The molecular weight excluding hydrogens is 653 g/mol. The molecule has 0 saturated heterocycles. The molecule has 0 aliphatic carbocycles. The van der Waals surface area contributed by atoms with Crippen molar-refractivity contribution in [3.63, 3.8) is 0 Å². The second kappa shape index (κ2) is 31.1. The molecule has 0 heterocycles. The summed E-state index contributed by atoms with van der Waals surface area (Å²) in [6.07, 6.45) is 0.941. The van der Waals surface area contributed by atoms with Crippen LogP contribution in [0.5, 0.6) is 0 Å². The lowest BCUT2D eigenvalue weighted by molar-refractivity contribution is -0.0268. The van der Waals surface area contributed by atoms with Gasteiger partial charge in [-0.15, -0.1) is 0 Å². The first-order valence-corrected chi connectivity index (χ1v) is 26.1. The minimum Gasteiger partial charge on any atom is -0.437 e. The zero-order valence-corrected chi connectivity index (χ0v) is 33.1. The maximum absolute atomic E-state index is 8.58. The predicted octanol–water partition coefficient (Wildman–Crippen LogP) is 3.31. The SMILES string of the molecule is C[Si](C)(C)O[Si](C)(CCCOCCOCCOCCOCCOCCOCCOCCOCCOCCOCCO)O[Si](C)(C)C. The second-order valence-electron chi connectivity index (χ2n) is 12.5. The molecule has 0 unspecified atom stereocenters. The van der Waals surface area contributed by atoms with Crippen molar-refractivity contribution in [3.05, 3.63) is 0 Å². The van der Waals surface area contributed by atoms with Crippen LogP contribution in [0.3, 0.4) is 0 Å². The minimum absolute atomic E-state index is 0.0267. The van der Waals surface area contributed by atoms with Crippen LogP contribution in [0.1, 0.15) is 6.42 Å². The highest BCUT2D eigenvalue weighted by molar-refractivity contribution is 6.87. The average Bonchev–Trinajstić information content (AvgIpc) is 2.95. The lowest BCUT2D eigenvalue weighted by atomic mass is 10.5. The molecule has 278 valence electrons. The number of aliphatic hydroxyl groups excluding tert-OH is 1. The molecule has 0 saturated carbocycles. The molecule has 0 amide bonds. The molecule has 0 fully saturated rings. The summed E-state index contributed by atoms with van der Waals surface area (Å²) in [4.78, 5) is 0. The molecule has 0 atom stereocenters. The van der Waals surface area contributed by atoms with E-state index in [0.717, 1.165) is 12.5 Å². The van der Waals surface area contributed by atoms with Gasteiger partial charge in [-0.2, -0.15) is 0 Å². The Morgan fingerprint density at radius 2 is 0.543 bits per heavy atom. The summed E-state index contributed by atoms with van der Waals surface area (Å²) in [5.74, 6) is 0. The Morgan fingerprint density at radius 1 is 0.326 bits per heavy atom. The highest BCUT2D eigenvalue weighted by atomic mass is 28.5. The molecule has 0 aromatic rings. The fourth-order valence-electron chi connectivity index (χ4n) is 4.06. The van der Waals surface area contributed by atoms with Crippen LogP contribution in [0.25, 0.3) is 0 Å². The smallest absolute Gasteiger partial charge is 0.314 e. The Morgan fingerprint density at radius 3 is 0.761 bits per heavy atom. The van der Waals surface area contributed by atoms with E-state index in [1.165, 1.54) is 0 Å². The van der Waals surface area contributed by atoms with Crippen LogP contribution in [0.15, 0.2) is 0 Å². The molecule has 0 spiro atoms. The molecule has 0 aromatic carbocycles. The third-order valence-corrected chi connectivity index (χ3v) is 15.2. The Labute approximate surface area is 282 Å². The van der Waals surface area contributed by atoms with Crippen molar-refractivity contribution in [1.82, 2.24) is 0 Å². The van der Waals surface area contributed by atoms with E-state index in [0.29, 0.717) is 132 Å². The summed E-state index contributed by atoms with van der Waals surface area (Å²) < 4.78 is 67.7. The number of ether oxygens (including phenoxy) is 10. The van der Waals surface area contributed by atoms with E-state index in [9.17, 15) is 0 Å². The van der Waals surface area contributed by atoms with Crippen molar-refractivity contribution in [1.29, 1.82) is 0 Å². The first kappa shape index (κ1) is 46.1. The minimum atomic E-state index is -2.19. The lowest BCUT2D eigenvalue weighted by Gasteiger charge is -2.38. The van der Waals surface area contributed by atoms with Crippen LogP contribution >= 0.6 is 0 Å². The summed E-state index contributed by atoms with van der Waals surface area (Å²) in [6.45, 7) is 25.9. The van der Waals surface area contributed by atoms with Crippen LogP contribution in [0.2, 0.25) is 51.9 Å². The van der Waals surface area contributed by atoms with Gasteiger partial charge in [-0.1, -0.05) is 0 Å². The van der Waals surface area contributed by atoms with E-state index in [1.54, 1.807) is 0 Å². The number of aliphatic hydroxyl groups is 1. The molecule has 13 nitrogen and oxygen atoms in total. The van der Waals surface area contributed by atoms with Crippen molar-refractivity contribution in [3.8, 4) is 0 Å². The van der Waals surface area contributed by atoms with Crippen LogP contribution in [-0.4, -0.2) is 169 Å². The summed E-state index contributed by atoms with van der Waals surface area (Å²) in [5.41, 5.74) is 0. The van der Waals surface area contributed by atoms with E-state index < -0.39 is 25.2 Å². The molecule has 46 heavy (non-hydrogen) atoms. The fraction of sp³-hybridized carbons (Fsp3) is 1.00. The van der Waals surface area contributed by atoms with Gasteiger partial charge in [-0.3, -0.25) is 0 Å². The molecular formula is C30H68O13Si3. The van der Waals surface area contributed by atoms with E-state index in [4.69, 9.17) is 60.7 Å². The Kier molecular flexibility index (Phi) is 31.2. The van der Waals surface area contributed by atoms with Crippen LogP contribution in [0.4, 0.5) is 0 Å². The van der Waals surface area contributed by atoms with Crippen molar-refractivity contribution in [2.75, 3.05) is 139 Å². The van der Waals surface area contributed by atoms with E-state index in [-0.39, 0.29) is 6.61 Å². The quantitative estimate of drug-likeness (QED) is 0.0745. The first-order chi connectivity index (χ1) is 22.0. The summed E-state index contributed by atoms with van der Waals surface area (Å²) in [6, 6.07) is 0.955. The van der Waals surface area contributed by atoms with Gasteiger partial charge in [0.15, 0.2) is 16.6 Å². The number of rotatable bonds is 37. The van der Waals surface area contributed by atoms with Crippen molar-refractivity contribution in [2.24, 2.45) is 0 Å². The molecule has 16 heteroatoms. The summed E-state index contributed by atoms with van der Waals surface area (Å²) in [5, 5.41) is 8.58. The third kappa shape index (κ3) is 37.0. The van der Waals surface area contributed by atoms with Gasteiger partial charge in [0.1, 0.15) is 0 Å². The van der Waals surface area contributed by atoms with Crippen molar-refractivity contribution < 1.29 is 60.7 Å². The normalized spacial score (nSPS) is 12.8. The van der Waals surface area contributed by atoms with Gasteiger partial charge in [0.25, 0.3) is 0 Å². The molecule has 0 aromatic heterocycles. The molecule has 0 rings (SSSR count). The number of hydrogen-bond acceptors (Lipinski definition) is 13. The lowest BCUT2D eigenvalue weighted by Crippen LogP contribution is -2.52. The maximum atomic E-state index is 8.58. The topological polar surface area (TPSA) is 131 Å². The molecule has 1 N–H and O–H groups in total. The van der Waals surface area contributed by atoms with Crippen molar-refractivity contribution >= 4 is 25.2 Å². The first-order valence-electron chi connectivity index (χ1n) is 16.8. The fourth-order valence-corrected chi connectivity index (χ4v) is 16.6.